The summed E-state index contributed by atoms with van der Waals surface area (Å²) in [5, 5.41) is 0. The average molecular weight is 185 g/mol. The van der Waals surface area contributed by atoms with E-state index in [1.807, 2.05) is 24.3 Å². The third-order valence-electron chi connectivity index (χ3n) is 1.06. The number of hydrogen-bond acceptors (Lipinski definition) is 1. The summed E-state index contributed by atoms with van der Waals surface area (Å²) < 4.78 is 0. The van der Waals surface area contributed by atoms with Crippen molar-refractivity contribution in [1.82, 2.24) is 0 Å². The third kappa shape index (κ3) is 1.80. The van der Waals surface area contributed by atoms with Crippen LogP contribution in [0.3, 0.4) is 0 Å². The lowest BCUT2D eigenvalue weighted by molar-refractivity contribution is 1.06. The zero-order valence-electron chi connectivity index (χ0n) is 4.84. The summed E-state index contributed by atoms with van der Waals surface area (Å²) >= 11 is 3.25. The molecule has 0 saturated carbocycles. The summed E-state index contributed by atoms with van der Waals surface area (Å²) in [6.07, 6.45) is 0. The molecule has 1 rings (SSSR count). The van der Waals surface area contributed by atoms with Crippen molar-refractivity contribution < 1.29 is 0 Å². The fraction of sp³-hybridized carbons (Fsp3) is 0.143. The molecule has 1 unspecified atom stereocenters. The number of rotatable bonds is 1. The lowest BCUT2D eigenvalue weighted by Gasteiger charge is -1.99. The van der Waals surface area contributed by atoms with Crippen LogP contribution in [-0.2, 0) is 0 Å². The number of nitrogens with two attached hydrogens (primary N) is 1. The molecule has 0 spiro atoms. The van der Waals surface area contributed by atoms with Gasteiger partial charge in [0.05, 0.1) is 4.95 Å². The summed E-state index contributed by atoms with van der Waals surface area (Å²) in [5.74, 6) is 0. The molecule has 1 atom stereocenters. The minimum Gasteiger partial charge on any atom is -0.315 e. The first-order valence-corrected chi connectivity index (χ1v) is 3.58. The van der Waals surface area contributed by atoms with Crippen LogP contribution in [0, 0.1) is 6.07 Å². The number of alkyl halides is 1. The Labute approximate surface area is 63.0 Å². The van der Waals surface area contributed by atoms with Crippen molar-refractivity contribution >= 4 is 15.9 Å². The zero-order chi connectivity index (χ0) is 6.69. The van der Waals surface area contributed by atoms with Gasteiger partial charge in [-0.15, -0.1) is 0 Å². The van der Waals surface area contributed by atoms with Gasteiger partial charge in [-0.05, 0) is 11.6 Å². The summed E-state index contributed by atoms with van der Waals surface area (Å²) in [6, 6.07) is 10.5. The molecule has 0 bridgehead atoms. The number of hydrogen-bond donors (Lipinski definition) is 1. The number of benzene rings is 1. The summed E-state index contributed by atoms with van der Waals surface area (Å²) in [5.41, 5.74) is 6.59. The second-order valence-electron chi connectivity index (χ2n) is 1.74. The fourth-order valence-electron chi connectivity index (χ4n) is 0.584. The van der Waals surface area contributed by atoms with Gasteiger partial charge in [0.15, 0.2) is 0 Å². The maximum Gasteiger partial charge on any atom is 0.0861 e. The van der Waals surface area contributed by atoms with Gasteiger partial charge in [-0.1, -0.05) is 40.2 Å². The van der Waals surface area contributed by atoms with Crippen molar-refractivity contribution in [2.45, 2.75) is 4.95 Å². The maximum atomic E-state index is 5.52. The molecule has 1 nitrogen and oxygen atoms in total. The van der Waals surface area contributed by atoms with E-state index < -0.39 is 0 Å². The van der Waals surface area contributed by atoms with Gasteiger partial charge >= 0.3 is 0 Å². The molecule has 0 fully saturated rings. The lowest BCUT2D eigenvalue weighted by atomic mass is 10.2. The summed E-state index contributed by atoms with van der Waals surface area (Å²) in [7, 11) is 0. The van der Waals surface area contributed by atoms with Crippen molar-refractivity contribution in [2.24, 2.45) is 5.73 Å². The van der Waals surface area contributed by atoms with E-state index in [1.54, 1.807) is 0 Å². The molecule has 0 saturated heterocycles. The first-order valence-electron chi connectivity index (χ1n) is 2.66. The molecule has 0 aliphatic heterocycles. The minimum absolute atomic E-state index is 0.0490. The van der Waals surface area contributed by atoms with Gasteiger partial charge in [0.2, 0.25) is 0 Å². The lowest BCUT2D eigenvalue weighted by Crippen LogP contribution is -1.99. The molecule has 47 valence electrons. The largest absolute Gasteiger partial charge is 0.315 e. The van der Waals surface area contributed by atoms with Gasteiger partial charge in [0, 0.05) is 0 Å². The van der Waals surface area contributed by atoms with Gasteiger partial charge in [-0.2, -0.15) is 0 Å². The predicted molar refractivity (Wildman–Crippen MR) is 41.1 cm³/mol. The van der Waals surface area contributed by atoms with Gasteiger partial charge in [-0.3, -0.25) is 0 Å². The van der Waals surface area contributed by atoms with Crippen molar-refractivity contribution in [2.75, 3.05) is 0 Å². The van der Waals surface area contributed by atoms with Crippen molar-refractivity contribution in [1.29, 1.82) is 0 Å². The van der Waals surface area contributed by atoms with Gasteiger partial charge in [-0.25, -0.2) is 0 Å². The van der Waals surface area contributed by atoms with E-state index in [-0.39, 0.29) is 4.95 Å². The Balaban J connectivity index is 2.85. The second kappa shape index (κ2) is 2.99. The molecule has 1 radical (unpaired) electrons. The highest BCUT2D eigenvalue weighted by atomic mass is 79.9. The van der Waals surface area contributed by atoms with Crippen LogP contribution in [0.25, 0.3) is 0 Å². The van der Waals surface area contributed by atoms with Crippen molar-refractivity contribution in [3.63, 3.8) is 0 Å². The third-order valence-corrected chi connectivity index (χ3v) is 1.59. The summed E-state index contributed by atoms with van der Waals surface area (Å²) in [4.78, 5) is -0.0490. The Morgan fingerprint density at radius 2 is 2.00 bits per heavy atom. The maximum absolute atomic E-state index is 5.52. The van der Waals surface area contributed by atoms with E-state index in [4.69, 9.17) is 5.73 Å². The van der Waals surface area contributed by atoms with Crippen LogP contribution < -0.4 is 5.73 Å². The molecule has 1 aromatic rings. The van der Waals surface area contributed by atoms with Crippen LogP contribution in [-0.4, -0.2) is 0 Å². The van der Waals surface area contributed by atoms with Crippen LogP contribution in [0.1, 0.15) is 10.5 Å². The van der Waals surface area contributed by atoms with Crippen LogP contribution >= 0.6 is 15.9 Å². The molecule has 2 heteroatoms. The highest BCUT2D eigenvalue weighted by Crippen LogP contribution is 2.14. The van der Waals surface area contributed by atoms with Crippen LogP contribution in [0.4, 0.5) is 0 Å². The Morgan fingerprint density at radius 3 is 2.33 bits per heavy atom. The van der Waals surface area contributed by atoms with E-state index in [1.165, 1.54) is 0 Å². The Bertz CT molecular complexity index is 172. The van der Waals surface area contributed by atoms with Crippen LogP contribution in [0.15, 0.2) is 24.3 Å². The monoisotopic (exact) mass is 184 g/mol. The van der Waals surface area contributed by atoms with Crippen LogP contribution in [0.2, 0.25) is 0 Å². The van der Waals surface area contributed by atoms with Crippen LogP contribution in [0.5, 0.6) is 0 Å². The van der Waals surface area contributed by atoms with E-state index in [2.05, 4.69) is 22.0 Å². The molecule has 0 amide bonds. The van der Waals surface area contributed by atoms with Gasteiger partial charge in [0.25, 0.3) is 0 Å². The highest BCUT2D eigenvalue weighted by molar-refractivity contribution is 9.09. The molecule has 9 heavy (non-hydrogen) atoms. The average Bonchev–Trinajstić information content (AvgIpc) is 1.90. The molecule has 0 aromatic heterocycles. The minimum atomic E-state index is -0.0490. The topological polar surface area (TPSA) is 26.0 Å². The van der Waals surface area contributed by atoms with Crippen molar-refractivity contribution in [3.8, 4) is 0 Å². The van der Waals surface area contributed by atoms with E-state index in [0.29, 0.717) is 0 Å². The standard InChI is InChI=1S/C7H7BrN/c8-7(9)6-4-2-1-3-5-6/h2-5,7H,9H2. The Morgan fingerprint density at radius 1 is 1.44 bits per heavy atom. The first kappa shape index (κ1) is 6.78. The van der Waals surface area contributed by atoms with Gasteiger partial charge < -0.3 is 5.73 Å². The van der Waals surface area contributed by atoms with Gasteiger partial charge in [0.1, 0.15) is 0 Å². The molecule has 1 aromatic carbocycles. The summed E-state index contributed by atoms with van der Waals surface area (Å²) in [6.45, 7) is 0. The van der Waals surface area contributed by atoms with Crippen molar-refractivity contribution in [3.05, 3.63) is 35.9 Å². The molecule has 0 aliphatic rings. The zero-order valence-corrected chi connectivity index (χ0v) is 6.43. The molecule has 0 aliphatic carbocycles. The molecule has 2 N–H and O–H groups in total. The first-order chi connectivity index (χ1) is 4.30. The predicted octanol–water partition coefficient (Wildman–Crippen LogP) is 1.84. The molecular formula is C7H7BrN. The van der Waals surface area contributed by atoms with E-state index in [0.717, 1.165) is 5.56 Å². The molecular weight excluding hydrogens is 178 g/mol. The Hall–Kier alpha value is -0.340. The number of halogens is 1. The normalized spacial score (nSPS) is 13.1. The smallest absolute Gasteiger partial charge is 0.0861 e. The SMILES string of the molecule is NC(Br)c1cc[c]cc1. The Kier molecular flexibility index (Phi) is 2.25. The van der Waals surface area contributed by atoms with E-state index >= 15 is 0 Å². The molecule has 0 heterocycles. The second-order valence-corrected chi connectivity index (χ2v) is 2.72. The fourth-order valence-corrected chi connectivity index (χ4v) is 0.889. The van der Waals surface area contributed by atoms with E-state index in [9.17, 15) is 0 Å². The highest BCUT2D eigenvalue weighted by Gasteiger charge is 1.95. The quantitative estimate of drug-likeness (QED) is 0.524.